The molecule has 0 spiro atoms. The Morgan fingerprint density at radius 2 is 0.738 bits per heavy atom. The molecule has 0 aliphatic carbocycles. The van der Waals surface area contributed by atoms with E-state index in [0.29, 0.717) is 31.8 Å². The van der Waals surface area contributed by atoms with E-state index in [1.165, 1.54) is 0 Å². The molecule has 5 rings (SSSR count). The zero-order valence-corrected chi connectivity index (χ0v) is 57.6. The number of amides is 7. The number of aromatic nitrogens is 5. The summed E-state index contributed by atoms with van der Waals surface area (Å²) in [5, 5.41) is 108. The number of rotatable bonds is 45. The largest absolute Gasteiger partial charge is 0.370 e. The highest BCUT2D eigenvalue weighted by molar-refractivity contribution is 6.09. The van der Waals surface area contributed by atoms with E-state index in [4.69, 9.17) is 78.0 Å². The third-order valence-corrected chi connectivity index (χ3v) is 16.1. The van der Waals surface area contributed by atoms with Crippen LogP contribution in [0.5, 0.6) is 0 Å². The zero-order chi connectivity index (χ0) is 75.4. The molecule has 0 aliphatic heterocycles. The Balaban J connectivity index is 1.41. The maximum atomic E-state index is 14.8. The summed E-state index contributed by atoms with van der Waals surface area (Å²) < 4.78 is 2.15. The molecule has 0 aliphatic rings. The van der Waals surface area contributed by atoms with Gasteiger partial charge in [-0.1, -0.05) is 30.3 Å². The van der Waals surface area contributed by atoms with Gasteiger partial charge in [0.15, 0.2) is 41.7 Å². The first kappa shape index (κ1) is 81.4. The number of benzene rings is 3. The van der Waals surface area contributed by atoms with Gasteiger partial charge in [-0.25, -0.2) is 0 Å². The highest BCUT2D eigenvalue weighted by atomic mass is 16.2. The number of carbonyl (C=O) groups excluding carboxylic acids is 7. The summed E-state index contributed by atoms with van der Waals surface area (Å²) in [5.74, 6) is -7.38. The van der Waals surface area contributed by atoms with E-state index in [-0.39, 0.29) is 164 Å². The van der Waals surface area contributed by atoms with Crippen molar-refractivity contribution in [3.8, 4) is 11.4 Å². The van der Waals surface area contributed by atoms with Crippen molar-refractivity contribution in [3.05, 3.63) is 77.9 Å². The van der Waals surface area contributed by atoms with Crippen molar-refractivity contribution < 1.29 is 33.6 Å². The van der Waals surface area contributed by atoms with Gasteiger partial charge >= 0.3 is 0 Å². The fourth-order valence-corrected chi connectivity index (χ4v) is 11.0. The van der Waals surface area contributed by atoms with Crippen LogP contribution >= 0.6 is 0 Å². The first-order valence-corrected chi connectivity index (χ1v) is 33.7. The summed E-state index contributed by atoms with van der Waals surface area (Å²) in [5.41, 5.74) is 42.5. The highest BCUT2D eigenvalue weighted by Gasteiger charge is 2.34. The summed E-state index contributed by atoms with van der Waals surface area (Å²) in [4.78, 5) is 102. The van der Waals surface area contributed by atoms with Gasteiger partial charge in [-0.3, -0.25) is 71.4 Å². The van der Waals surface area contributed by atoms with Crippen molar-refractivity contribution in [2.24, 2.45) is 40.1 Å². The molecule has 40 nitrogen and oxygen atoms in total. The predicted octanol–water partition coefficient (Wildman–Crippen LogP) is -4.11. The number of nitrogens with one attached hydrogen (secondary N) is 22. The first-order chi connectivity index (χ1) is 49.2. The number of hydrogen-bond donors (Lipinski definition) is 29. The number of carbonyl (C=O) groups is 7. The smallest absolute Gasteiger partial charge is 0.251 e. The second-order valence-corrected chi connectivity index (χ2v) is 24.4. The molecule has 0 radical (unpaired) electrons. The van der Waals surface area contributed by atoms with Crippen molar-refractivity contribution >= 4 is 105 Å². The molecule has 36 N–H and O–H groups in total. The molecule has 40 heteroatoms. The number of para-hydroxylation sites is 1. The number of H-pyrrole nitrogens is 1. The highest BCUT2D eigenvalue weighted by Crippen LogP contribution is 2.32. The Labute approximate surface area is 594 Å². The van der Waals surface area contributed by atoms with Crippen LogP contribution in [0.25, 0.3) is 33.2 Å². The molecular weight excluding hydrogens is 1330 g/mol. The van der Waals surface area contributed by atoms with Crippen LogP contribution in [0, 0.1) is 37.9 Å². The maximum absolute atomic E-state index is 14.8. The molecule has 7 amide bonds. The Bertz CT molecular complexity index is 3710. The summed E-state index contributed by atoms with van der Waals surface area (Å²) in [6.07, 6.45) is 1.44. The number of fused-ring (bicyclic) bond motifs is 3. The molecule has 0 bridgehead atoms. The quantitative estimate of drug-likeness (QED) is 0.0100. The Morgan fingerprint density at radius 1 is 0.408 bits per heavy atom. The monoisotopic (exact) mass is 1430 g/mol. The molecule has 560 valence electrons. The lowest BCUT2D eigenvalue weighted by atomic mass is 10.0. The van der Waals surface area contributed by atoms with Crippen LogP contribution in [-0.2, 0) is 35.3 Å². The number of tetrazole rings is 1. The van der Waals surface area contributed by atoms with Crippen molar-refractivity contribution in [3.63, 3.8) is 0 Å². The molecular formula is C63H101N33O7. The molecule has 3 aromatic carbocycles. The first-order valence-electron chi connectivity index (χ1n) is 33.7. The third-order valence-electron chi connectivity index (χ3n) is 16.1. The molecule has 0 saturated heterocycles. The number of nitrogens with two attached hydrogens (primary N) is 7. The van der Waals surface area contributed by atoms with Crippen molar-refractivity contribution in [1.29, 1.82) is 37.9 Å². The van der Waals surface area contributed by atoms with Gasteiger partial charge in [0.1, 0.15) is 36.3 Å². The Morgan fingerprint density at radius 3 is 1.09 bits per heavy atom. The van der Waals surface area contributed by atoms with Crippen LogP contribution in [0.4, 0.5) is 0 Å². The zero-order valence-electron chi connectivity index (χ0n) is 57.6. The fourth-order valence-electron chi connectivity index (χ4n) is 11.0. The van der Waals surface area contributed by atoms with Gasteiger partial charge in [0.05, 0.1) is 0 Å². The number of nitrogens with zero attached hydrogens (tertiary/aromatic N) is 4. The van der Waals surface area contributed by atoms with E-state index in [0.717, 1.165) is 32.9 Å². The summed E-state index contributed by atoms with van der Waals surface area (Å²) in [6, 6.07) is 12.0. The van der Waals surface area contributed by atoms with Gasteiger partial charge in [-0.2, -0.15) is 5.21 Å². The molecule has 103 heavy (non-hydrogen) atoms. The minimum atomic E-state index is -1.48. The molecule has 2 heterocycles. The molecule has 2 aromatic heterocycles. The van der Waals surface area contributed by atoms with Gasteiger partial charge in [-0.15, -0.1) is 10.2 Å². The Hall–Kier alpha value is -12.3. The normalized spacial score (nSPS) is 12.9. The Kier molecular flexibility index (Phi) is 33.7. The third kappa shape index (κ3) is 29.2. The fraction of sp³-hybridized carbons (Fsp3) is 0.476. The number of guanidine groups is 7. The van der Waals surface area contributed by atoms with Crippen molar-refractivity contribution in [2.75, 3.05) is 45.8 Å². The van der Waals surface area contributed by atoms with Gasteiger partial charge < -0.3 is 119 Å². The van der Waals surface area contributed by atoms with Gasteiger partial charge in [0.25, 0.3) is 5.91 Å². The molecule has 0 fully saturated rings. The minimum absolute atomic E-state index is 0.0199. The molecule has 0 unspecified atom stereocenters. The van der Waals surface area contributed by atoms with Crippen LogP contribution in [-0.4, -0.2) is 196 Å². The average molecular weight is 1430 g/mol. The van der Waals surface area contributed by atoms with E-state index in [1.54, 1.807) is 31.2 Å². The minimum Gasteiger partial charge on any atom is -0.370 e. The van der Waals surface area contributed by atoms with Crippen LogP contribution in [0.1, 0.15) is 113 Å². The number of hydrogen-bond acceptors (Lipinski definition) is 17. The summed E-state index contributed by atoms with van der Waals surface area (Å²) in [6.45, 7) is 3.08. The molecule has 7 atom stereocenters. The standard InChI is InChI=1S/C63H101N33O7/c1-35(11-4-26-78-57(64)65)85-51(98)41(13-5-27-79-58(66)67)87-53(100)43(15-7-29-81-60(70)71)89-55(102)45(17-9-31-83-62(74)75)91-56(103)46(18-10-32-84-63(76)77)90-54(101)44(16-8-30-82-61(72)73)88-52(99)42(14-6-28-80-59(68)69)86-50(97)37-22-20-36(21-23-37)34-96-47-19-3-2-12-39(47)40-33-38(24-25-48(40)96)49-92-94-95-93-49/h2-3,12,19-25,33,35,41-46H,4-11,13-18,26-32,34H2,1H3,(H,85,98)(H,86,97)(H,87,100)(H,88,99)(H,89,102)(H,90,101)(H,91,103)(H4,64,65,78)(H4,66,67,79)(H4,68,69,80)(H4,70,71,81)(H4,72,73,82)(H4,74,75,83)(H4,76,77,84)(H,92,93,94,95)/t35-,41+,42+,43+,44+,45+,46+/m1/s1. The van der Waals surface area contributed by atoms with E-state index < -0.39 is 83.6 Å². The van der Waals surface area contributed by atoms with E-state index in [2.05, 4.69) is 99.6 Å². The van der Waals surface area contributed by atoms with E-state index >= 15 is 0 Å². The van der Waals surface area contributed by atoms with E-state index in [1.807, 2.05) is 42.5 Å². The maximum Gasteiger partial charge on any atom is 0.251 e. The number of aromatic amines is 1. The molecule has 5 aromatic rings. The topological polar surface area (TPSA) is 696 Å². The SMILES string of the molecule is C[C@H](CCCNC(=N)N)NC(=O)[C@H](CCCNC(=N)N)NC(=O)[C@H](CCCNC(=N)N)NC(=O)[C@H](CCCNC(=N)N)NC(=O)[C@H](CCCNC(=N)N)NC(=O)[C@H](CCCNC(=N)N)NC(=O)[C@H](CCCNC(=N)N)NC(=O)c1ccc(Cn2c3ccccc3c3cc(-c4nn[nH]n4)ccc32)cc1. The van der Waals surface area contributed by atoms with Gasteiger partial charge in [0.2, 0.25) is 41.3 Å². The molecule has 0 saturated carbocycles. The average Bonchev–Trinajstić information content (AvgIpc) is 1.60. The van der Waals surface area contributed by atoms with Crippen LogP contribution < -0.4 is 115 Å². The second-order valence-electron chi connectivity index (χ2n) is 24.4. The van der Waals surface area contributed by atoms with Crippen LogP contribution in [0.2, 0.25) is 0 Å². The van der Waals surface area contributed by atoms with Gasteiger partial charge in [0, 0.05) is 91.3 Å². The van der Waals surface area contributed by atoms with E-state index in [9.17, 15) is 33.6 Å². The van der Waals surface area contributed by atoms with Crippen LogP contribution in [0.3, 0.4) is 0 Å². The predicted molar refractivity (Wildman–Crippen MR) is 391 cm³/mol. The van der Waals surface area contributed by atoms with Crippen molar-refractivity contribution in [1.82, 2.24) is 99.6 Å². The van der Waals surface area contributed by atoms with Gasteiger partial charge in [-0.05, 0) is 144 Å². The lowest BCUT2D eigenvalue weighted by Gasteiger charge is -2.28. The summed E-state index contributed by atoms with van der Waals surface area (Å²) in [7, 11) is 0. The van der Waals surface area contributed by atoms with Crippen LogP contribution in [0.15, 0.2) is 66.7 Å². The second kappa shape index (κ2) is 42.6. The summed E-state index contributed by atoms with van der Waals surface area (Å²) >= 11 is 0. The van der Waals surface area contributed by atoms with Crippen molar-refractivity contribution in [2.45, 2.75) is 146 Å². The lowest BCUT2D eigenvalue weighted by molar-refractivity contribution is -0.135. The lowest BCUT2D eigenvalue weighted by Crippen LogP contribution is -2.60.